The van der Waals surface area contributed by atoms with Gasteiger partial charge in [0.15, 0.2) is 0 Å². The number of rotatable bonds is 5. The first-order valence-corrected chi connectivity index (χ1v) is 7.45. The number of ether oxygens (including phenoxy) is 1. The fourth-order valence-corrected chi connectivity index (χ4v) is 2.39. The Bertz CT molecular complexity index is 891. The number of nitro benzene ring substituents is 1. The van der Waals surface area contributed by atoms with Crippen LogP contribution in [0, 0.1) is 10.1 Å². The Balaban J connectivity index is 1.75. The van der Waals surface area contributed by atoms with Gasteiger partial charge < -0.3 is 4.74 Å². The monoisotopic (exact) mass is 338 g/mol. The van der Waals surface area contributed by atoms with Crippen LogP contribution in [0.5, 0.6) is 0 Å². The second-order valence-electron chi connectivity index (χ2n) is 5.28. The van der Waals surface area contributed by atoms with Crippen molar-refractivity contribution >= 4 is 11.7 Å². The van der Waals surface area contributed by atoms with Crippen LogP contribution in [-0.2, 0) is 4.74 Å². The third-order valence-electron chi connectivity index (χ3n) is 3.68. The van der Waals surface area contributed by atoms with Crippen molar-refractivity contribution in [3.05, 3.63) is 82.4 Å². The highest BCUT2D eigenvalue weighted by Gasteiger charge is 2.21. The van der Waals surface area contributed by atoms with Crippen molar-refractivity contribution in [3.63, 3.8) is 0 Å². The lowest BCUT2D eigenvalue weighted by Crippen LogP contribution is -2.10. The molecule has 1 atom stereocenters. The van der Waals surface area contributed by atoms with Gasteiger partial charge in [-0.15, -0.1) is 10.2 Å². The summed E-state index contributed by atoms with van der Waals surface area (Å²) in [5.41, 5.74) is 1.42. The standard InChI is InChI=1S/C17H14N4O4/c1-12(15-4-2-3-5-16(15)21(23)24)25-17(22)13-6-8-14(9-7-13)20-10-18-19-11-20/h2-12H,1H3. The van der Waals surface area contributed by atoms with Crippen molar-refractivity contribution in [2.45, 2.75) is 13.0 Å². The molecule has 0 spiro atoms. The van der Waals surface area contributed by atoms with Crippen LogP contribution in [0.15, 0.2) is 61.2 Å². The second kappa shape index (κ2) is 6.91. The van der Waals surface area contributed by atoms with Gasteiger partial charge in [0.05, 0.1) is 16.1 Å². The number of carbonyl (C=O) groups excluding carboxylic acids is 1. The Morgan fingerprint density at radius 1 is 1.12 bits per heavy atom. The number of nitrogens with zero attached hydrogens (tertiary/aromatic N) is 4. The summed E-state index contributed by atoms with van der Waals surface area (Å²) in [5.74, 6) is -0.555. The molecule has 0 saturated carbocycles. The van der Waals surface area contributed by atoms with E-state index in [-0.39, 0.29) is 5.69 Å². The topological polar surface area (TPSA) is 100 Å². The maximum atomic E-state index is 12.3. The third kappa shape index (κ3) is 3.52. The minimum absolute atomic E-state index is 0.0780. The fourth-order valence-electron chi connectivity index (χ4n) is 2.39. The zero-order valence-corrected chi connectivity index (χ0v) is 13.3. The molecule has 8 heteroatoms. The lowest BCUT2D eigenvalue weighted by molar-refractivity contribution is -0.386. The van der Waals surface area contributed by atoms with Gasteiger partial charge in [-0.05, 0) is 37.3 Å². The quantitative estimate of drug-likeness (QED) is 0.402. The lowest BCUT2D eigenvalue weighted by Gasteiger charge is -2.14. The van der Waals surface area contributed by atoms with Gasteiger partial charge in [0.2, 0.25) is 0 Å². The number of aromatic nitrogens is 3. The summed E-state index contributed by atoms with van der Waals surface area (Å²) in [6.45, 7) is 1.60. The van der Waals surface area contributed by atoms with Gasteiger partial charge in [-0.2, -0.15) is 0 Å². The van der Waals surface area contributed by atoms with Crippen LogP contribution >= 0.6 is 0 Å². The van der Waals surface area contributed by atoms with Crippen LogP contribution in [0.1, 0.15) is 28.9 Å². The van der Waals surface area contributed by atoms with Gasteiger partial charge >= 0.3 is 5.97 Å². The van der Waals surface area contributed by atoms with Crippen molar-refractivity contribution in [2.24, 2.45) is 0 Å². The minimum atomic E-state index is -0.744. The average molecular weight is 338 g/mol. The van der Waals surface area contributed by atoms with Crippen LogP contribution in [0.25, 0.3) is 5.69 Å². The molecule has 0 aliphatic rings. The van der Waals surface area contributed by atoms with E-state index in [1.807, 2.05) is 0 Å². The smallest absolute Gasteiger partial charge is 0.338 e. The molecular weight excluding hydrogens is 324 g/mol. The van der Waals surface area contributed by atoms with E-state index in [0.717, 1.165) is 5.69 Å². The van der Waals surface area contributed by atoms with E-state index in [4.69, 9.17) is 4.74 Å². The maximum absolute atomic E-state index is 12.3. The summed E-state index contributed by atoms with van der Waals surface area (Å²) in [6, 6.07) is 12.9. The summed E-state index contributed by atoms with van der Waals surface area (Å²) in [4.78, 5) is 22.9. The predicted molar refractivity (Wildman–Crippen MR) is 88.3 cm³/mol. The van der Waals surface area contributed by atoms with Gasteiger partial charge in [0.25, 0.3) is 5.69 Å². The summed E-state index contributed by atoms with van der Waals surface area (Å²) < 4.78 is 7.07. The Hall–Kier alpha value is -3.55. The molecule has 3 aromatic rings. The summed E-state index contributed by atoms with van der Waals surface area (Å²) >= 11 is 0. The van der Waals surface area contributed by atoms with E-state index in [9.17, 15) is 14.9 Å². The highest BCUT2D eigenvalue weighted by Crippen LogP contribution is 2.27. The highest BCUT2D eigenvalue weighted by atomic mass is 16.6. The van der Waals surface area contributed by atoms with E-state index < -0.39 is 17.0 Å². The molecule has 8 nitrogen and oxygen atoms in total. The average Bonchev–Trinajstić information content (AvgIpc) is 3.16. The number of hydrogen-bond acceptors (Lipinski definition) is 6. The molecule has 1 aromatic heterocycles. The molecule has 0 aliphatic heterocycles. The van der Waals surface area contributed by atoms with Crippen molar-refractivity contribution < 1.29 is 14.5 Å². The van der Waals surface area contributed by atoms with Crippen molar-refractivity contribution in [2.75, 3.05) is 0 Å². The van der Waals surface area contributed by atoms with Gasteiger partial charge in [-0.3, -0.25) is 14.7 Å². The van der Waals surface area contributed by atoms with Crippen LogP contribution in [-0.4, -0.2) is 25.7 Å². The van der Waals surface area contributed by atoms with E-state index >= 15 is 0 Å². The Kier molecular flexibility index (Phi) is 4.51. The summed E-state index contributed by atoms with van der Waals surface area (Å²) in [7, 11) is 0. The van der Waals surface area contributed by atoms with Crippen LogP contribution in [0.4, 0.5) is 5.69 Å². The molecule has 1 unspecified atom stereocenters. The molecule has 0 N–H and O–H groups in total. The number of para-hydroxylation sites is 1. The number of hydrogen-bond donors (Lipinski definition) is 0. The third-order valence-corrected chi connectivity index (χ3v) is 3.68. The van der Waals surface area contributed by atoms with Crippen molar-refractivity contribution in [1.29, 1.82) is 0 Å². The van der Waals surface area contributed by atoms with E-state index in [1.54, 1.807) is 66.6 Å². The predicted octanol–water partition coefficient (Wildman–Crippen LogP) is 3.09. The van der Waals surface area contributed by atoms with Gasteiger partial charge in [0, 0.05) is 11.8 Å². The normalized spacial score (nSPS) is 11.7. The Morgan fingerprint density at radius 3 is 2.40 bits per heavy atom. The Labute approximate surface area is 142 Å². The molecule has 0 saturated heterocycles. The number of nitro groups is 1. The molecule has 3 rings (SSSR count). The molecule has 126 valence electrons. The molecular formula is C17H14N4O4. The van der Waals surface area contributed by atoms with Crippen molar-refractivity contribution in [1.82, 2.24) is 14.8 Å². The first kappa shape index (κ1) is 16.3. The number of carbonyl (C=O) groups is 1. The molecule has 0 aliphatic carbocycles. The molecule has 2 aromatic carbocycles. The van der Waals surface area contributed by atoms with E-state index in [2.05, 4.69) is 10.2 Å². The molecule has 0 bridgehead atoms. The van der Waals surface area contributed by atoms with Crippen LogP contribution in [0.2, 0.25) is 0 Å². The zero-order valence-electron chi connectivity index (χ0n) is 13.3. The minimum Gasteiger partial charge on any atom is -0.454 e. The molecule has 0 radical (unpaired) electrons. The largest absolute Gasteiger partial charge is 0.454 e. The van der Waals surface area contributed by atoms with Crippen LogP contribution < -0.4 is 0 Å². The lowest BCUT2D eigenvalue weighted by atomic mass is 10.1. The van der Waals surface area contributed by atoms with E-state index in [1.165, 1.54) is 6.07 Å². The van der Waals surface area contributed by atoms with Crippen LogP contribution in [0.3, 0.4) is 0 Å². The molecule has 0 fully saturated rings. The molecule has 1 heterocycles. The maximum Gasteiger partial charge on any atom is 0.338 e. The number of esters is 1. The fraction of sp³-hybridized carbons (Fsp3) is 0.118. The molecule has 0 amide bonds. The van der Waals surface area contributed by atoms with Gasteiger partial charge in [0.1, 0.15) is 18.8 Å². The van der Waals surface area contributed by atoms with Gasteiger partial charge in [-0.1, -0.05) is 12.1 Å². The summed E-state index contributed by atoms with van der Waals surface area (Å²) in [6.07, 6.45) is 2.35. The first-order valence-electron chi connectivity index (χ1n) is 7.45. The SMILES string of the molecule is CC(OC(=O)c1ccc(-n2cnnc2)cc1)c1ccccc1[N+](=O)[O-]. The number of benzene rings is 2. The Morgan fingerprint density at radius 2 is 1.76 bits per heavy atom. The summed E-state index contributed by atoms with van der Waals surface area (Å²) in [5, 5.41) is 18.5. The zero-order chi connectivity index (χ0) is 17.8. The molecule has 25 heavy (non-hydrogen) atoms. The first-order chi connectivity index (χ1) is 12.1. The van der Waals surface area contributed by atoms with E-state index in [0.29, 0.717) is 11.1 Å². The van der Waals surface area contributed by atoms with Crippen molar-refractivity contribution in [3.8, 4) is 5.69 Å². The van der Waals surface area contributed by atoms with Gasteiger partial charge in [-0.25, -0.2) is 4.79 Å². The second-order valence-corrected chi connectivity index (χ2v) is 5.28. The highest BCUT2D eigenvalue weighted by molar-refractivity contribution is 5.89.